The maximum Gasteiger partial charge on any atom is 0.144 e. The largest absolute Gasteiger partial charge is 0.459 e. The van der Waals surface area contributed by atoms with Crippen LogP contribution in [0.4, 0.5) is 0 Å². The van der Waals surface area contributed by atoms with Gasteiger partial charge in [0, 0.05) is 10.9 Å². The Morgan fingerprint density at radius 1 is 1.25 bits per heavy atom. The van der Waals surface area contributed by atoms with E-state index >= 15 is 0 Å². The van der Waals surface area contributed by atoms with Crippen molar-refractivity contribution in [3.8, 4) is 10.6 Å². The summed E-state index contributed by atoms with van der Waals surface area (Å²) in [6.45, 7) is 7.17. The molecule has 0 amide bonds. The van der Waals surface area contributed by atoms with Crippen molar-refractivity contribution < 1.29 is 4.42 Å². The van der Waals surface area contributed by atoms with Gasteiger partial charge in [-0.3, -0.25) is 0 Å². The van der Waals surface area contributed by atoms with E-state index in [1.807, 2.05) is 12.1 Å². The van der Waals surface area contributed by atoms with Crippen LogP contribution in [-0.4, -0.2) is 6.04 Å². The maximum atomic E-state index is 5.78. The third kappa shape index (κ3) is 2.74. The predicted molar refractivity (Wildman–Crippen MR) is 68.7 cm³/mol. The topological polar surface area (TPSA) is 25.2 Å². The highest BCUT2D eigenvalue weighted by Crippen LogP contribution is 2.29. The van der Waals surface area contributed by atoms with Crippen LogP contribution < -0.4 is 5.32 Å². The van der Waals surface area contributed by atoms with Gasteiger partial charge in [-0.25, -0.2) is 0 Å². The first kappa shape index (κ1) is 11.4. The molecule has 0 radical (unpaired) electrons. The van der Waals surface area contributed by atoms with Crippen molar-refractivity contribution in [3.63, 3.8) is 0 Å². The maximum absolute atomic E-state index is 5.78. The Balaban J connectivity index is 2.07. The van der Waals surface area contributed by atoms with Crippen molar-refractivity contribution in [2.75, 3.05) is 0 Å². The standard InChI is InChI=1S/C13H17NOS/c1-9(2)14-8-11-5-6-12(15-11)13-7-4-10(3)16-13/h4-7,9,14H,8H2,1-3H3. The van der Waals surface area contributed by atoms with E-state index in [0.29, 0.717) is 6.04 Å². The van der Waals surface area contributed by atoms with Gasteiger partial charge in [-0.1, -0.05) is 13.8 Å². The van der Waals surface area contributed by atoms with Crippen molar-refractivity contribution in [2.45, 2.75) is 33.4 Å². The van der Waals surface area contributed by atoms with Crippen molar-refractivity contribution in [1.82, 2.24) is 5.32 Å². The molecule has 0 spiro atoms. The van der Waals surface area contributed by atoms with E-state index in [2.05, 4.69) is 38.2 Å². The number of furan rings is 1. The van der Waals surface area contributed by atoms with Gasteiger partial charge in [0.25, 0.3) is 0 Å². The van der Waals surface area contributed by atoms with Crippen LogP contribution in [0, 0.1) is 6.92 Å². The Bertz CT molecular complexity index is 456. The SMILES string of the molecule is Cc1ccc(-c2ccc(CNC(C)C)o2)s1. The lowest BCUT2D eigenvalue weighted by molar-refractivity contribution is 0.474. The summed E-state index contributed by atoms with van der Waals surface area (Å²) in [6.07, 6.45) is 0. The highest BCUT2D eigenvalue weighted by atomic mass is 32.1. The monoisotopic (exact) mass is 235 g/mol. The second-order valence-corrected chi connectivity index (χ2v) is 5.50. The van der Waals surface area contributed by atoms with Crippen LogP contribution in [0.2, 0.25) is 0 Å². The van der Waals surface area contributed by atoms with E-state index in [1.54, 1.807) is 11.3 Å². The molecule has 3 heteroatoms. The number of thiophene rings is 1. The van der Waals surface area contributed by atoms with Crippen molar-refractivity contribution in [2.24, 2.45) is 0 Å². The molecule has 2 rings (SSSR count). The summed E-state index contributed by atoms with van der Waals surface area (Å²) in [7, 11) is 0. The summed E-state index contributed by atoms with van der Waals surface area (Å²) in [5, 5.41) is 3.34. The van der Waals surface area contributed by atoms with Gasteiger partial charge < -0.3 is 9.73 Å². The Labute approximate surface area is 100 Å². The minimum atomic E-state index is 0.484. The number of hydrogen-bond donors (Lipinski definition) is 1. The molecule has 0 unspecified atom stereocenters. The highest BCUT2D eigenvalue weighted by molar-refractivity contribution is 7.15. The first-order chi connectivity index (χ1) is 7.65. The fourth-order valence-corrected chi connectivity index (χ4v) is 2.31. The number of aryl methyl sites for hydroxylation is 1. The van der Waals surface area contributed by atoms with Crippen LogP contribution in [-0.2, 0) is 6.54 Å². The molecule has 0 aliphatic carbocycles. The molecule has 16 heavy (non-hydrogen) atoms. The predicted octanol–water partition coefficient (Wildman–Crippen LogP) is 3.81. The minimum Gasteiger partial charge on any atom is -0.459 e. The molecule has 0 aliphatic rings. The molecule has 0 saturated carbocycles. The molecule has 2 heterocycles. The first-order valence-electron chi connectivity index (χ1n) is 5.54. The van der Waals surface area contributed by atoms with E-state index in [4.69, 9.17) is 4.42 Å². The number of rotatable bonds is 4. The third-order valence-corrected chi connectivity index (χ3v) is 3.34. The second kappa shape index (κ2) is 4.85. The molecule has 2 aromatic rings. The van der Waals surface area contributed by atoms with Gasteiger partial charge in [-0.15, -0.1) is 11.3 Å². The molecular formula is C13H17NOS. The van der Waals surface area contributed by atoms with E-state index < -0.39 is 0 Å². The van der Waals surface area contributed by atoms with Gasteiger partial charge in [-0.2, -0.15) is 0 Å². The molecule has 0 saturated heterocycles. The summed E-state index contributed by atoms with van der Waals surface area (Å²) < 4.78 is 5.78. The lowest BCUT2D eigenvalue weighted by atomic mass is 10.3. The van der Waals surface area contributed by atoms with Gasteiger partial charge in [0.2, 0.25) is 0 Å². The molecule has 0 aliphatic heterocycles. The molecular weight excluding hydrogens is 218 g/mol. The van der Waals surface area contributed by atoms with Crippen molar-refractivity contribution in [1.29, 1.82) is 0 Å². The zero-order valence-electron chi connectivity index (χ0n) is 9.91. The summed E-state index contributed by atoms with van der Waals surface area (Å²) in [4.78, 5) is 2.52. The number of nitrogens with one attached hydrogen (secondary N) is 1. The summed E-state index contributed by atoms with van der Waals surface area (Å²) in [5.74, 6) is 1.97. The van der Waals surface area contributed by atoms with Crippen LogP contribution in [0.5, 0.6) is 0 Å². The number of hydrogen-bond acceptors (Lipinski definition) is 3. The van der Waals surface area contributed by atoms with E-state index in [0.717, 1.165) is 18.1 Å². The normalized spacial score (nSPS) is 11.2. The molecule has 0 atom stereocenters. The van der Waals surface area contributed by atoms with Crippen molar-refractivity contribution in [3.05, 3.63) is 34.9 Å². The van der Waals surface area contributed by atoms with Crippen LogP contribution >= 0.6 is 11.3 Å². The Hall–Kier alpha value is -1.06. The van der Waals surface area contributed by atoms with Crippen LogP contribution in [0.15, 0.2) is 28.7 Å². The lowest BCUT2D eigenvalue weighted by Gasteiger charge is -2.04. The van der Waals surface area contributed by atoms with E-state index in [-0.39, 0.29) is 0 Å². The summed E-state index contributed by atoms with van der Waals surface area (Å²) >= 11 is 1.76. The molecule has 0 fully saturated rings. The molecule has 86 valence electrons. The minimum absolute atomic E-state index is 0.484. The highest BCUT2D eigenvalue weighted by Gasteiger charge is 2.06. The third-order valence-electron chi connectivity index (χ3n) is 2.33. The Kier molecular flexibility index (Phi) is 3.46. The molecule has 0 aromatic carbocycles. The molecule has 2 aromatic heterocycles. The second-order valence-electron chi connectivity index (χ2n) is 4.21. The van der Waals surface area contributed by atoms with Gasteiger partial charge in [-0.05, 0) is 31.2 Å². The van der Waals surface area contributed by atoms with Gasteiger partial charge >= 0.3 is 0 Å². The molecule has 1 N–H and O–H groups in total. The zero-order valence-corrected chi connectivity index (χ0v) is 10.7. The smallest absolute Gasteiger partial charge is 0.144 e. The van der Waals surface area contributed by atoms with Gasteiger partial charge in [0.05, 0.1) is 11.4 Å². The molecule has 0 bridgehead atoms. The van der Waals surface area contributed by atoms with Gasteiger partial charge in [0.1, 0.15) is 11.5 Å². The zero-order chi connectivity index (χ0) is 11.5. The van der Waals surface area contributed by atoms with Crippen LogP contribution in [0.25, 0.3) is 10.6 Å². The average molecular weight is 235 g/mol. The molecule has 2 nitrogen and oxygen atoms in total. The Morgan fingerprint density at radius 2 is 2.06 bits per heavy atom. The quantitative estimate of drug-likeness (QED) is 0.871. The average Bonchev–Trinajstić information content (AvgIpc) is 2.83. The lowest BCUT2D eigenvalue weighted by Crippen LogP contribution is -2.21. The van der Waals surface area contributed by atoms with Crippen LogP contribution in [0.3, 0.4) is 0 Å². The van der Waals surface area contributed by atoms with Gasteiger partial charge in [0.15, 0.2) is 0 Å². The fraction of sp³-hybridized carbons (Fsp3) is 0.385. The van der Waals surface area contributed by atoms with Crippen LogP contribution in [0.1, 0.15) is 24.5 Å². The van der Waals surface area contributed by atoms with E-state index in [9.17, 15) is 0 Å². The summed E-state index contributed by atoms with van der Waals surface area (Å²) in [5.41, 5.74) is 0. The van der Waals surface area contributed by atoms with E-state index in [1.165, 1.54) is 9.75 Å². The van der Waals surface area contributed by atoms with Crippen molar-refractivity contribution >= 4 is 11.3 Å². The fourth-order valence-electron chi connectivity index (χ4n) is 1.48. The Morgan fingerprint density at radius 3 is 2.69 bits per heavy atom. The first-order valence-corrected chi connectivity index (χ1v) is 6.35. The summed E-state index contributed by atoms with van der Waals surface area (Å²) in [6, 6.07) is 8.80.